The number of rotatable bonds is 7. The Hall–Kier alpha value is -2.68. The molecule has 0 aliphatic heterocycles. The maximum absolute atomic E-state index is 13.4. The number of benzene rings is 2. The molecule has 0 amide bonds. The Morgan fingerprint density at radius 2 is 1.84 bits per heavy atom. The molecule has 2 aromatic carbocycles. The third-order valence-electron chi connectivity index (χ3n) is 3.31. The van der Waals surface area contributed by atoms with E-state index < -0.39 is 5.83 Å². The second-order valence-electron chi connectivity index (χ2n) is 5.01. The number of ketones is 1. The van der Waals surface area contributed by atoms with Crippen LogP contribution < -0.4 is 4.74 Å². The molecule has 0 saturated heterocycles. The van der Waals surface area contributed by atoms with E-state index in [1.54, 1.807) is 18.2 Å². The van der Waals surface area contributed by atoms with E-state index in [-0.39, 0.29) is 12.2 Å². The first-order chi connectivity index (χ1) is 12.1. The summed E-state index contributed by atoms with van der Waals surface area (Å²) in [5.74, 6) is 0.00845. The molecule has 3 heteroatoms. The first-order valence-corrected chi connectivity index (χ1v) is 8.47. The van der Waals surface area contributed by atoms with Gasteiger partial charge in [0.2, 0.25) is 0 Å². The Morgan fingerprint density at radius 1 is 1.16 bits per heavy atom. The maximum Gasteiger partial charge on any atom is 0.170 e. The van der Waals surface area contributed by atoms with E-state index >= 15 is 0 Å². The van der Waals surface area contributed by atoms with E-state index in [1.807, 2.05) is 51.1 Å². The Balaban J connectivity index is 0.00000151. The number of carbonyl (C=O) groups excluding carboxylic acids is 1. The fourth-order valence-corrected chi connectivity index (χ4v) is 2.23. The minimum atomic E-state index is -0.449. The molecule has 2 nitrogen and oxygen atoms in total. The average Bonchev–Trinajstić information content (AvgIpc) is 2.65. The summed E-state index contributed by atoms with van der Waals surface area (Å²) in [4.78, 5) is 12.6. The van der Waals surface area contributed by atoms with Crippen molar-refractivity contribution in [3.05, 3.63) is 83.7 Å². The molecule has 0 spiro atoms. The van der Waals surface area contributed by atoms with E-state index in [2.05, 4.69) is 6.58 Å². The summed E-state index contributed by atoms with van der Waals surface area (Å²) in [5.41, 5.74) is 1.99. The van der Waals surface area contributed by atoms with Crippen LogP contribution in [0.25, 0.3) is 6.08 Å². The summed E-state index contributed by atoms with van der Waals surface area (Å²) in [6.07, 6.45) is 2.74. The van der Waals surface area contributed by atoms with Crippen LogP contribution in [0.4, 0.5) is 4.39 Å². The zero-order valence-electron chi connectivity index (χ0n) is 15.1. The van der Waals surface area contributed by atoms with Gasteiger partial charge in [-0.3, -0.25) is 4.79 Å². The molecule has 0 atom stereocenters. The van der Waals surface area contributed by atoms with Gasteiger partial charge in [0.25, 0.3) is 0 Å². The number of hydrogen-bond donors (Lipinski definition) is 0. The topological polar surface area (TPSA) is 26.3 Å². The van der Waals surface area contributed by atoms with E-state index in [9.17, 15) is 9.18 Å². The second-order valence-corrected chi connectivity index (χ2v) is 5.01. The SMILES string of the molecule is C=C/C(F)=C\c1ccc(OCC)c(C(=O)Cc2ccccc2)c1.CC. The summed E-state index contributed by atoms with van der Waals surface area (Å²) in [6, 6.07) is 14.6. The molecular weight excluding hydrogens is 315 g/mol. The standard InChI is InChI=1S/C20H19FO2.C2H6/c1-3-17(21)12-16-10-11-20(23-4-2)18(13-16)19(22)14-15-8-6-5-7-9-15;1-2/h3,5-13H,1,4,14H2,2H3;1-2H3/b17-12+;. The first-order valence-electron chi connectivity index (χ1n) is 8.47. The minimum absolute atomic E-state index is 0.0612. The molecule has 0 heterocycles. The van der Waals surface area contributed by atoms with Crippen molar-refractivity contribution in [1.29, 1.82) is 0 Å². The Morgan fingerprint density at radius 3 is 2.44 bits per heavy atom. The molecule has 0 N–H and O–H groups in total. The number of carbonyl (C=O) groups is 1. The summed E-state index contributed by atoms with van der Waals surface area (Å²) in [5, 5.41) is 0. The monoisotopic (exact) mass is 340 g/mol. The van der Waals surface area contributed by atoms with Crippen LogP contribution in [-0.2, 0) is 6.42 Å². The zero-order valence-corrected chi connectivity index (χ0v) is 15.1. The quantitative estimate of drug-likeness (QED) is 0.454. The van der Waals surface area contributed by atoms with Crippen molar-refractivity contribution in [2.45, 2.75) is 27.2 Å². The fraction of sp³-hybridized carbons (Fsp3) is 0.227. The third kappa shape index (κ3) is 6.38. The highest BCUT2D eigenvalue weighted by atomic mass is 19.1. The molecule has 0 aliphatic rings. The lowest BCUT2D eigenvalue weighted by Crippen LogP contribution is -2.07. The molecule has 0 aromatic heterocycles. The molecule has 0 bridgehead atoms. The van der Waals surface area contributed by atoms with Gasteiger partial charge < -0.3 is 4.74 Å². The van der Waals surface area contributed by atoms with Gasteiger partial charge >= 0.3 is 0 Å². The molecular formula is C22H25FO2. The molecule has 25 heavy (non-hydrogen) atoms. The highest BCUT2D eigenvalue weighted by Crippen LogP contribution is 2.24. The van der Waals surface area contributed by atoms with E-state index in [4.69, 9.17) is 4.74 Å². The zero-order chi connectivity index (χ0) is 18.7. The first kappa shape index (κ1) is 20.4. The van der Waals surface area contributed by atoms with Crippen molar-refractivity contribution in [3.8, 4) is 5.75 Å². The largest absolute Gasteiger partial charge is 0.493 e. The molecule has 0 unspecified atom stereocenters. The summed E-state index contributed by atoms with van der Waals surface area (Å²) in [6.45, 7) is 9.70. The molecule has 0 saturated carbocycles. The van der Waals surface area contributed by atoms with E-state index in [0.29, 0.717) is 23.5 Å². The van der Waals surface area contributed by atoms with Gasteiger partial charge in [-0.25, -0.2) is 4.39 Å². The highest BCUT2D eigenvalue weighted by molar-refractivity contribution is 6.00. The van der Waals surface area contributed by atoms with Crippen molar-refractivity contribution in [2.24, 2.45) is 0 Å². The van der Waals surface area contributed by atoms with Gasteiger partial charge in [0.1, 0.15) is 11.6 Å². The summed E-state index contributed by atoms with van der Waals surface area (Å²) < 4.78 is 18.9. The minimum Gasteiger partial charge on any atom is -0.493 e. The van der Waals surface area contributed by atoms with Crippen LogP contribution in [0.2, 0.25) is 0 Å². The lowest BCUT2D eigenvalue weighted by atomic mass is 10.00. The number of hydrogen-bond acceptors (Lipinski definition) is 2. The molecule has 132 valence electrons. The average molecular weight is 340 g/mol. The van der Waals surface area contributed by atoms with Crippen LogP contribution in [0.5, 0.6) is 5.75 Å². The van der Waals surface area contributed by atoms with E-state index in [1.165, 1.54) is 6.08 Å². The number of ether oxygens (including phenoxy) is 1. The predicted molar refractivity (Wildman–Crippen MR) is 103 cm³/mol. The van der Waals surface area contributed by atoms with Crippen LogP contribution >= 0.6 is 0 Å². The number of allylic oxidation sites excluding steroid dienone is 2. The third-order valence-corrected chi connectivity index (χ3v) is 3.31. The van der Waals surface area contributed by atoms with Gasteiger partial charge in [0.05, 0.1) is 12.2 Å². The number of Topliss-reactive ketones (excluding diaryl/α,β-unsaturated/α-hetero) is 1. The lowest BCUT2D eigenvalue weighted by molar-refractivity contribution is 0.0989. The van der Waals surface area contributed by atoms with Crippen molar-refractivity contribution in [3.63, 3.8) is 0 Å². The highest BCUT2D eigenvalue weighted by Gasteiger charge is 2.14. The van der Waals surface area contributed by atoms with Gasteiger partial charge in [-0.05, 0) is 42.3 Å². The van der Waals surface area contributed by atoms with Crippen LogP contribution in [0.15, 0.2) is 67.0 Å². The smallest absolute Gasteiger partial charge is 0.170 e. The lowest BCUT2D eigenvalue weighted by Gasteiger charge is -2.10. The molecule has 2 rings (SSSR count). The maximum atomic E-state index is 13.4. The molecule has 0 fully saturated rings. The Kier molecular flexibility index (Phi) is 8.94. The summed E-state index contributed by atoms with van der Waals surface area (Å²) in [7, 11) is 0. The van der Waals surface area contributed by atoms with Gasteiger partial charge in [0.15, 0.2) is 5.78 Å². The van der Waals surface area contributed by atoms with Gasteiger partial charge in [0, 0.05) is 6.42 Å². The summed E-state index contributed by atoms with van der Waals surface area (Å²) >= 11 is 0. The van der Waals surface area contributed by atoms with Crippen molar-refractivity contribution < 1.29 is 13.9 Å². The van der Waals surface area contributed by atoms with Crippen LogP contribution in [-0.4, -0.2) is 12.4 Å². The van der Waals surface area contributed by atoms with Crippen LogP contribution in [0.1, 0.15) is 42.3 Å². The normalized spacial score (nSPS) is 10.5. The van der Waals surface area contributed by atoms with Gasteiger partial charge in [-0.1, -0.05) is 56.8 Å². The Labute approximate surface area is 149 Å². The molecule has 0 aliphatic carbocycles. The predicted octanol–water partition coefficient (Wildman–Crippen LogP) is 6.03. The molecule has 2 aromatic rings. The fourth-order valence-electron chi connectivity index (χ4n) is 2.23. The Bertz CT molecular complexity index is 718. The second kappa shape index (κ2) is 11.0. The van der Waals surface area contributed by atoms with Crippen LogP contribution in [0.3, 0.4) is 0 Å². The van der Waals surface area contributed by atoms with Crippen molar-refractivity contribution >= 4 is 11.9 Å². The number of halogens is 1. The van der Waals surface area contributed by atoms with Gasteiger partial charge in [-0.2, -0.15) is 0 Å². The van der Waals surface area contributed by atoms with Gasteiger partial charge in [-0.15, -0.1) is 0 Å². The molecule has 0 radical (unpaired) electrons. The van der Waals surface area contributed by atoms with E-state index in [0.717, 1.165) is 11.6 Å². The van der Waals surface area contributed by atoms with Crippen molar-refractivity contribution in [2.75, 3.05) is 6.61 Å². The van der Waals surface area contributed by atoms with Crippen molar-refractivity contribution in [1.82, 2.24) is 0 Å². The van der Waals surface area contributed by atoms with Crippen LogP contribution in [0, 0.1) is 0 Å².